The highest BCUT2D eigenvalue weighted by Crippen LogP contribution is 2.35. The minimum absolute atomic E-state index is 0.159. The maximum Gasteiger partial charge on any atom is 0.323 e. The lowest BCUT2D eigenvalue weighted by molar-refractivity contribution is 0.330. The van der Waals surface area contributed by atoms with Gasteiger partial charge < -0.3 is 15.3 Å². The highest BCUT2D eigenvalue weighted by atomic mass is 79.9. The molecule has 0 saturated carbocycles. The van der Waals surface area contributed by atoms with Crippen molar-refractivity contribution in [3.63, 3.8) is 0 Å². The van der Waals surface area contributed by atoms with Gasteiger partial charge in [-0.05, 0) is 43.5 Å². The van der Waals surface area contributed by atoms with Gasteiger partial charge in [0.15, 0.2) is 0 Å². The Morgan fingerprint density at radius 1 is 1.14 bits per heavy atom. The molecule has 1 unspecified atom stereocenters. The second-order valence-corrected chi connectivity index (χ2v) is 6.46. The summed E-state index contributed by atoms with van der Waals surface area (Å²) < 4.78 is 1.04. The summed E-state index contributed by atoms with van der Waals surface area (Å²) in [6.07, 6.45) is 4.77. The van der Waals surface area contributed by atoms with Crippen molar-refractivity contribution in [1.29, 1.82) is 0 Å². The van der Waals surface area contributed by atoms with Crippen molar-refractivity contribution in [2.75, 3.05) is 7.05 Å². The maximum atomic E-state index is 11.4. The molecule has 21 heavy (non-hydrogen) atoms. The number of hydrogen-bond acceptors (Lipinski definition) is 2. The van der Waals surface area contributed by atoms with E-state index in [0.29, 0.717) is 12.0 Å². The van der Waals surface area contributed by atoms with Gasteiger partial charge in [-0.2, -0.15) is 0 Å². The van der Waals surface area contributed by atoms with E-state index in [1.54, 1.807) is 0 Å². The molecule has 1 atom stereocenters. The third-order valence-corrected chi connectivity index (χ3v) is 4.76. The number of rotatable bonds is 7. The lowest BCUT2D eigenvalue weighted by atomic mass is 9.86. The van der Waals surface area contributed by atoms with Crippen LogP contribution in [0.4, 0.5) is 0 Å². The van der Waals surface area contributed by atoms with Gasteiger partial charge in [0, 0.05) is 10.5 Å². The van der Waals surface area contributed by atoms with E-state index in [2.05, 4.69) is 51.1 Å². The quantitative estimate of drug-likeness (QED) is 0.701. The van der Waals surface area contributed by atoms with Gasteiger partial charge >= 0.3 is 5.69 Å². The predicted molar refractivity (Wildman–Crippen MR) is 91.7 cm³/mol. The molecular formula is C16H24BrN3O. The normalized spacial score (nSPS) is 13.2. The summed E-state index contributed by atoms with van der Waals surface area (Å²) in [6, 6.07) is 4.36. The summed E-state index contributed by atoms with van der Waals surface area (Å²) in [5.74, 6) is 0.601. The minimum atomic E-state index is -0.159. The first-order chi connectivity index (χ1) is 10.1. The van der Waals surface area contributed by atoms with Gasteiger partial charge in [0.25, 0.3) is 0 Å². The topological polar surface area (TPSA) is 60.7 Å². The van der Waals surface area contributed by atoms with Crippen molar-refractivity contribution >= 4 is 27.0 Å². The smallest absolute Gasteiger partial charge is 0.313 e. The molecular weight excluding hydrogens is 330 g/mol. The molecule has 0 saturated heterocycles. The molecule has 116 valence electrons. The largest absolute Gasteiger partial charge is 0.323 e. The highest BCUT2D eigenvalue weighted by molar-refractivity contribution is 9.10. The van der Waals surface area contributed by atoms with Crippen LogP contribution in [0.2, 0.25) is 0 Å². The molecule has 2 aromatic rings. The average Bonchev–Trinajstić information content (AvgIpc) is 2.79. The van der Waals surface area contributed by atoms with E-state index in [0.717, 1.165) is 15.5 Å². The fourth-order valence-electron chi connectivity index (χ4n) is 3.18. The number of aromatic amines is 2. The summed E-state index contributed by atoms with van der Waals surface area (Å²) >= 11 is 3.66. The van der Waals surface area contributed by atoms with E-state index in [4.69, 9.17) is 0 Å². The molecule has 0 radical (unpaired) electrons. The summed E-state index contributed by atoms with van der Waals surface area (Å²) in [6.45, 7) is 4.47. The zero-order chi connectivity index (χ0) is 15.4. The second kappa shape index (κ2) is 7.27. The molecule has 0 spiro atoms. The van der Waals surface area contributed by atoms with Crippen LogP contribution in [0.15, 0.2) is 21.4 Å². The number of hydrogen-bond donors (Lipinski definition) is 3. The number of benzene rings is 1. The molecule has 0 bridgehead atoms. The monoisotopic (exact) mass is 353 g/mol. The maximum absolute atomic E-state index is 11.4. The van der Waals surface area contributed by atoms with Crippen molar-refractivity contribution in [2.24, 2.45) is 5.92 Å². The van der Waals surface area contributed by atoms with Gasteiger partial charge in [-0.25, -0.2) is 4.79 Å². The molecule has 4 nitrogen and oxygen atoms in total. The summed E-state index contributed by atoms with van der Waals surface area (Å²) in [4.78, 5) is 17.1. The van der Waals surface area contributed by atoms with Gasteiger partial charge in [0.2, 0.25) is 0 Å². The van der Waals surface area contributed by atoms with Gasteiger partial charge in [-0.3, -0.25) is 0 Å². The Kier molecular flexibility index (Phi) is 5.65. The number of nitrogens with one attached hydrogen (secondary N) is 3. The molecule has 2 rings (SSSR count). The molecule has 1 aromatic carbocycles. The van der Waals surface area contributed by atoms with Gasteiger partial charge in [-0.15, -0.1) is 0 Å². The van der Waals surface area contributed by atoms with E-state index in [9.17, 15) is 4.79 Å². The lowest BCUT2D eigenvalue weighted by Gasteiger charge is -2.28. The van der Waals surface area contributed by atoms with Crippen LogP contribution in [-0.2, 0) is 0 Å². The lowest BCUT2D eigenvalue weighted by Crippen LogP contribution is -2.25. The number of aromatic nitrogens is 2. The molecule has 0 aliphatic rings. The third-order valence-electron chi connectivity index (χ3n) is 4.07. The van der Waals surface area contributed by atoms with Crippen molar-refractivity contribution in [1.82, 2.24) is 15.3 Å². The van der Waals surface area contributed by atoms with Crippen molar-refractivity contribution in [3.05, 3.63) is 32.7 Å². The molecule has 3 N–H and O–H groups in total. The highest BCUT2D eigenvalue weighted by Gasteiger charge is 2.23. The van der Waals surface area contributed by atoms with E-state index in [1.165, 1.54) is 31.2 Å². The zero-order valence-electron chi connectivity index (χ0n) is 12.9. The minimum Gasteiger partial charge on any atom is -0.313 e. The second-order valence-electron chi connectivity index (χ2n) is 5.60. The average molecular weight is 354 g/mol. The molecule has 1 aromatic heterocycles. The van der Waals surface area contributed by atoms with Crippen LogP contribution in [-0.4, -0.2) is 17.0 Å². The van der Waals surface area contributed by atoms with Crippen LogP contribution in [0.5, 0.6) is 0 Å². The molecule has 5 heteroatoms. The Bertz CT molecular complexity index is 640. The van der Waals surface area contributed by atoms with Crippen LogP contribution in [0.25, 0.3) is 11.0 Å². The first-order valence-electron chi connectivity index (χ1n) is 7.69. The third kappa shape index (κ3) is 3.58. The summed E-state index contributed by atoms with van der Waals surface area (Å²) in [5, 5.41) is 3.47. The van der Waals surface area contributed by atoms with Gasteiger partial charge in [0.05, 0.1) is 11.0 Å². The predicted octanol–water partition coefficient (Wildman–Crippen LogP) is 4.10. The van der Waals surface area contributed by atoms with Gasteiger partial charge in [0.1, 0.15) is 0 Å². The fraction of sp³-hybridized carbons (Fsp3) is 0.562. The Morgan fingerprint density at radius 3 is 2.24 bits per heavy atom. The summed E-state index contributed by atoms with van der Waals surface area (Å²) in [5.41, 5.74) is 2.76. The first kappa shape index (κ1) is 16.3. The Hall–Kier alpha value is -1.07. The molecule has 0 aliphatic heterocycles. The molecule has 1 heterocycles. The van der Waals surface area contributed by atoms with Crippen LogP contribution in [0, 0.1) is 5.92 Å². The van der Waals surface area contributed by atoms with Crippen molar-refractivity contribution in [2.45, 2.75) is 45.6 Å². The van der Waals surface area contributed by atoms with E-state index < -0.39 is 0 Å². The van der Waals surface area contributed by atoms with E-state index in [-0.39, 0.29) is 5.69 Å². The Morgan fingerprint density at radius 2 is 1.71 bits per heavy atom. The summed E-state index contributed by atoms with van der Waals surface area (Å²) in [7, 11) is 2.01. The molecule has 0 fully saturated rings. The number of H-pyrrole nitrogens is 2. The zero-order valence-corrected chi connectivity index (χ0v) is 14.5. The van der Waals surface area contributed by atoms with Crippen molar-refractivity contribution < 1.29 is 0 Å². The Balaban J connectivity index is 2.44. The number of halogens is 1. The molecule has 0 amide bonds. The number of fused-ring (bicyclic) bond motifs is 1. The van der Waals surface area contributed by atoms with E-state index >= 15 is 0 Å². The molecule has 0 aliphatic carbocycles. The van der Waals surface area contributed by atoms with Crippen LogP contribution < -0.4 is 11.0 Å². The van der Waals surface area contributed by atoms with Crippen molar-refractivity contribution in [3.8, 4) is 0 Å². The van der Waals surface area contributed by atoms with E-state index in [1.807, 2.05) is 13.1 Å². The standard InChI is InChI=1S/C16H24BrN3O/c1-4-6-10(7-5-2)15(18-3)11-8-13-14(9-12(11)17)20-16(21)19-13/h8-10,15,18H,4-7H2,1-3H3,(H2,19,20,21). The number of imidazole rings is 1. The van der Waals surface area contributed by atoms with Gasteiger partial charge in [-0.1, -0.05) is 42.6 Å². The first-order valence-corrected chi connectivity index (χ1v) is 8.48. The van der Waals surface area contributed by atoms with Crippen LogP contribution in [0.3, 0.4) is 0 Å². The Labute approximate surface area is 133 Å². The SMILES string of the molecule is CCCC(CCC)C(NC)c1cc2[nH]c(=O)[nH]c2cc1Br. The fourth-order valence-corrected chi connectivity index (χ4v) is 3.77. The van der Waals surface area contributed by atoms with Crippen LogP contribution in [0.1, 0.15) is 51.1 Å². The van der Waals surface area contributed by atoms with Crippen LogP contribution >= 0.6 is 15.9 Å².